The van der Waals surface area contributed by atoms with Crippen LogP contribution in [0, 0.1) is 5.92 Å². The fourth-order valence-electron chi connectivity index (χ4n) is 4.71. The summed E-state index contributed by atoms with van der Waals surface area (Å²) >= 11 is 0. The van der Waals surface area contributed by atoms with Crippen molar-refractivity contribution in [3.05, 3.63) is 65.7 Å². The summed E-state index contributed by atoms with van der Waals surface area (Å²) in [6.45, 7) is 5.30. The monoisotopic (exact) mass is 361 g/mol. The maximum absolute atomic E-state index is 6.42. The molecule has 0 N–H and O–H groups in total. The minimum atomic E-state index is 0.368. The first-order valence-electron chi connectivity index (χ1n) is 10.5. The molecule has 2 aromatic rings. The average Bonchev–Trinajstić information content (AvgIpc) is 3.26. The summed E-state index contributed by atoms with van der Waals surface area (Å²) in [5.41, 5.74) is 3.91. The Morgan fingerprint density at radius 2 is 1.74 bits per heavy atom. The Hall–Kier alpha value is -2.09. The van der Waals surface area contributed by atoms with Crippen molar-refractivity contribution < 1.29 is 4.74 Å². The van der Waals surface area contributed by atoms with E-state index in [-0.39, 0.29) is 0 Å². The van der Waals surface area contributed by atoms with Gasteiger partial charge in [-0.1, -0.05) is 68.3 Å². The van der Waals surface area contributed by atoms with E-state index in [9.17, 15) is 0 Å². The van der Waals surface area contributed by atoms with Crippen LogP contribution in [-0.2, 0) is 0 Å². The van der Waals surface area contributed by atoms with Gasteiger partial charge in [0.05, 0.1) is 0 Å². The second-order valence-corrected chi connectivity index (χ2v) is 8.29. The van der Waals surface area contributed by atoms with Gasteiger partial charge in [0.25, 0.3) is 0 Å². The van der Waals surface area contributed by atoms with Crippen LogP contribution < -0.4 is 4.74 Å². The highest BCUT2D eigenvalue weighted by atomic mass is 16.5. The van der Waals surface area contributed by atoms with Gasteiger partial charge in [-0.15, -0.1) is 0 Å². The molecule has 2 aliphatic rings. The molecule has 1 aliphatic carbocycles. The zero-order chi connectivity index (χ0) is 18.6. The van der Waals surface area contributed by atoms with Crippen LogP contribution >= 0.6 is 0 Å². The normalized spacial score (nSPS) is 24.3. The summed E-state index contributed by atoms with van der Waals surface area (Å²) in [5.74, 6) is 2.66. The maximum Gasteiger partial charge on any atom is 0.123 e. The number of rotatable bonds is 5. The van der Waals surface area contributed by atoms with E-state index in [2.05, 4.69) is 68.4 Å². The molecule has 4 rings (SSSR count). The van der Waals surface area contributed by atoms with Crippen LogP contribution in [0.15, 0.2) is 59.6 Å². The van der Waals surface area contributed by atoms with Gasteiger partial charge in [-0.2, -0.15) is 0 Å². The third-order valence-electron chi connectivity index (χ3n) is 6.57. The van der Waals surface area contributed by atoms with Gasteiger partial charge in [0, 0.05) is 24.1 Å². The predicted molar refractivity (Wildman–Crippen MR) is 113 cm³/mol. The largest absolute Gasteiger partial charge is 0.490 e. The number of hydrogen-bond donors (Lipinski definition) is 0. The molecular formula is C25H31NO. The molecule has 2 heteroatoms. The Labute approximate surface area is 163 Å². The molecule has 2 nitrogen and oxygen atoms in total. The van der Waals surface area contributed by atoms with Gasteiger partial charge in [-0.3, -0.25) is 4.99 Å². The molecular weight excluding hydrogens is 330 g/mol. The fourth-order valence-corrected chi connectivity index (χ4v) is 4.71. The molecule has 0 radical (unpaired) electrons. The Balaban J connectivity index is 1.51. The predicted octanol–water partition coefficient (Wildman–Crippen LogP) is 6.38. The molecule has 3 unspecified atom stereocenters. The first-order valence-corrected chi connectivity index (χ1v) is 10.5. The minimum Gasteiger partial charge on any atom is -0.490 e. The van der Waals surface area contributed by atoms with E-state index in [0.29, 0.717) is 17.9 Å². The lowest BCUT2D eigenvalue weighted by Gasteiger charge is -2.35. The van der Waals surface area contributed by atoms with Crippen LogP contribution in [0.2, 0.25) is 0 Å². The smallest absolute Gasteiger partial charge is 0.123 e. The van der Waals surface area contributed by atoms with E-state index in [4.69, 9.17) is 9.73 Å². The van der Waals surface area contributed by atoms with Crippen molar-refractivity contribution in [1.82, 2.24) is 0 Å². The van der Waals surface area contributed by atoms with Crippen molar-refractivity contribution in [2.45, 2.75) is 63.9 Å². The van der Waals surface area contributed by atoms with Crippen LogP contribution in [0.3, 0.4) is 0 Å². The summed E-state index contributed by atoms with van der Waals surface area (Å²) in [5, 5.41) is 0. The minimum absolute atomic E-state index is 0.368. The molecule has 3 atom stereocenters. The summed E-state index contributed by atoms with van der Waals surface area (Å²) < 4.78 is 6.42. The molecule has 0 aromatic heterocycles. The van der Waals surface area contributed by atoms with E-state index in [1.165, 1.54) is 42.5 Å². The summed E-state index contributed by atoms with van der Waals surface area (Å²) in [4.78, 5) is 5.05. The van der Waals surface area contributed by atoms with Crippen molar-refractivity contribution in [2.24, 2.45) is 10.9 Å². The molecule has 27 heavy (non-hydrogen) atoms. The Kier molecular flexibility index (Phi) is 5.61. The Morgan fingerprint density at radius 1 is 1.04 bits per heavy atom. The second-order valence-electron chi connectivity index (χ2n) is 8.29. The summed E-state index contributed by atoms with van der Waals surface area (Å²) in [6, 6.07) is 19.3. The zero-order valence-corrected chi connectivity index (χ0v) is 16.6. The van der Waals surface area contributed by atoms with Gasteiger partial charge >= 0.3 is 0 Å². The third-order valence-corrected chi connectivity index (χ3v) is 6.57. The number of nitrogens with zero attached hydrogens (tertiary/aromatic N) is 1. The summed E-state index contributed by atoms with van der Waals surface area (Å²) in [6.07, 6.45) is 6.86. The number of benzene rings is 2. The van der Waals surface area contributed by atoms with Gasteiger partial charge in [-0.25, -0.2) is 0 Å². The molecule has 0 spiro atoms. The number of hydrogen-bond acceptors (Lipinski definition) is 2. The van der Waals surface area contributed by atoms with Crippen molar-refractivity contribution >= 4 is 5.71 Å². The third kappa shape index (κ3) is 4.10. The van der Waals surface area contributed by atoms with Crippen LogP contribution in [0.4, 0.5) is 0 Å². The molecule has 1 heterocycles. The second kappa shape index (κ2) is 8.29. The van der Waals surface area contributed by atoms with Gasteiger partial charge in [-0.05, 0) is 49.3 Å². The lowest BCUT2D eigenvalue weighted by molar-refractivity contribution is 0.102. The zero-order valence-electron chi connectivity index (χ0n) is 16.6. The molecule has 1 aliphatic heterocycles. The molecule has 1 saturated carbocycles. The van der Waals surface area contributed by atoms with E-state index in [0.717, 1.165) is 24.6 Å². The highest BCUT2D eigenvalue weighted by molar-refractivity contribution is 5.88. The van der Waals surface area contributed by atoms with E-state index in [1.54, 1.807) is 0 Å². The SMILES string of the molecule is CC(=NCC1CC(C2CCCC2)Oc2ccccc21)C(C)c1ccccc1. The first kappa shape index (κ1) is 18.3. The van der Waals surface area contributed by atoms with Gasteiger partial charge in [0.2, 0.25) is 0 Å². The fraction of sp³-hybridized carbons (Fsp3) is 0.480. The molecule has 2 aromatic carbocycles. The van der Waals surface area contributed by atoms with Crippen LogP contribution in [-0.4, -0.2) is 18.4 Å². The van der Waals surface area contributed by atoms with Crippen molar-refractivity contribution in [3.63, 3.8) is 0 Å². The van der Waals surface area contributed by atoms with Crippen molar-refractivity contribution in [1.29, 1.82) is 0 Å². The Bertz CT molecular complexity index is 776. The van der Waals surface area contributed by atoms with Gasteiger partial charge < -0.3 is 4.74 Å². The Morgan fingerprint density at radius 3 is 2.52 bits per heavy atom. The molecule has 0 amide bonds. The topological polar surface area (TPSA) is 21.6 Å². The molecule has 142 valence electrons. The van der Waals surface area contributed by atoms with Crippen LogP contribution in [0.1, 0.15) is 68.9 Å². The quantitative estimate of drug-likeness (QED) is 0.567. The highest BCUT2D eigenvalue weighted by Crippen LogP contribution is 2.42. The molecule has 0 saturated heterocycles. The number of fused-ring (bicyclic) bond motifs is 1. The number of aliphatic imine (C=N–C) groups is 1. The highest BCUT2D eigenvalue weighted by Gasteiger charge is 2.34. The van der Waals surface area contributed by atoms with Crippen molar-refractivity contribution in [3.8, 4) is 5.75 Å². The van der Waals surface area contributed by atoms with Crippen LogP contribution in [0.5, 0.6) is 5.75 Å². The van der Waals surface area contributed by atoms with E-state index < -0.39 is 0 Å². The first-order chi connectivity index (χ1) is 13.2. The maximum atomic E-state index is 6.42. The molecule has 1 fully saturated rings. The van der Waals surface area contributed by atoms with E-state index >= 15 is 0 Å². The van der Waals surface area contributed by atoms with Crippen LogP contribution in [0.25, 0.3) is 0 Å². The number of ether oxygens (including phenoxy) is 1. The standard InChI is InChI=1S/C25H31NO/c1-18(20-10-4-3-5-11-20)19(2)26-17-22-16-25(21-12-6-7-13-21)27-24-15-9-8-14-23(22)24/h3-5,8-11,14-15,18,21-22,25H,6-7,12-13,16-17H2,1-2H3. The lowest BCUT2D eigenvalue weighted by atomic mass is 9.84. The molecule has 0 bridgehead atoms. The van der Waals surface area contributed by atoms with E-state index in [1.807, 2.05) is 0 Å². The number of para-hydroxylation sites is 1. The van der Waals surface area contributed by atoms with Crippen molar-refractivity contribution in [2.75, 3.05) is 6.54 Å². The van der Waals surface area contributed by atoms with Gasteiger partial charge in [0.1, 0.15) is 11.9 Å². The lowest BCUT2D eigenvalue weighted by Crippen LogP contribution is -2.32. The average molecular weight is 362 g/mol. The summed E-state index contributed by atoms with van der Waals surface area (Å²) in [7, 11) is 0. The van der Waals surface area contributed by atoms with Gasteiger partial charge in [0.15, 0.2) is 0 Å².